The van der Waals surface area contributed by atoms with Gasteiger partial charge in [-0.25, -0.2) is 0 Å². The van der Waals surface area contributed by atoms with Crippen LogP contribution in [-0.2, 0) is 0 Å². The first kappa shape index (κ1) is 22.2. The van der Waals surface area contributed by atoms with Crippen LogP contribution in [0.5, 0.6) is 0 Å². The first-order valence-corrected chi connectivity index (χ1v) is 9.24. The predicted octanol–water partition coefficient (Wildman–Crippen LogP) is 6.12. The topological polar surface area (TPSA) is 3.24 Å². The van der Waals surface area contributed by atoms with Crippen LogP contribution in [-0.4, -0.2) is 24.2 Å². The van der Waals surface area contributed by atoms with E-state index in [-0.39, 0.29) is 0 Å². The van der Waals surface area contributed by atoms with E-state index in [0.29, 0.717) is 6.54 Å². The second kappa shape index (κ2) is 13.6. The molecule has 0 saturated heterocycles. The largest absolute Gasteiger partial charge is 0.370 e. The summed E-state index contributed by atoms with van der Waals surface area (Å²) in [5.74, 6) is 7.29. The molecule has 24 heavy (non-hydrogen) atoms. The molecule has 2 heteroatoms. The van der Waals surface area contributed by atoms with Gasteiger partial charge in [-0.3, -0.25) is 0 Å². The molecule has 0 bridgehead atoms. The molecule has 0 aliphatic carbocycles. The Bertz CT molecular complexity index is 591. The quantitative estimate of drug-likeness (QED) is 0.367. The summed E-state index contributed by atoms with van der Waals surface area (Å²) >= 11 is 1.85. The first-order chi connectivity index (χ1) is 11.5. The molecular formula is C22H31NS. The molecule has 0 aromatic rings. The molecule has 0 fully saturated rings. The fourth-order valence-corrected chi connectivity index (χ4v) is 2.51. The maximum absolute atomic E-state index is 4.10. The molecule has 0 aromatic heterocycles. The highest BCUT2D eigenvalue weighted by Crippen LogP contribution is 2.24. The second-order valence-electron chi connectivity index (χ2n) is 5.39. The Morgan fingerprint density at radius 1 is 1.29 bits per heavy atom. The van der Waals surface area contributed by atoms with Crippen LogP contribution in [0.3, 0.4) is 0 Å². The van der Waals surface area contributed by atoms with Crippen LogP contribution < -0.4 is 0 Å². The molecule has 0 aromatic carbocycles. The van der Waals surface area contributed by atoms with Gasteiger partial charge in [-0.05, 0) is 49.9 Å². The van der Waals surface area contributed by atoms with Crippen molar-refractivity contribution < 1.29 is 0 Å². The van der Waals surface area contributed by atoms with Gasteiger partial charge < -0.3 is 4.90 Å². The summed E-state index contributed by atoms with van der Waals surface area (Å²) in [5.41, 5.74) is 3.55. The van der Waals surface area contributed by atoms with E-state index >= 15 is 0 Å². The van der Waals surface area contributed by atoms with Crippen LogP contribution in [0.2, 0.25) is 0 Å². The number of hydrogen-bond donors (Lipinski definition) is 0. The van der Waals surface area contributed by atoms with Gasteiger partial charge in [0.1, 0.15) is 0 Å². The third-order valence-electron chi connectivity index (χ3n) is 3.53. The Kier molecular flexibility index (Phi) is 12.5. The van der Waals surface area contributed by atoms with Crippen molar-refractivity contribution in [3.8, 4) is 11.8 Å². The van der Waals surface area contributed by atoms with Gasteiger partial charge in [0.25, 0.3) is 0 Å². The highest BCUT2D eigenvalue weighted by atomic mass is 32.2. The Morgan fingerprint density at radius 2 is 2.00 bits per heavy atom. The van der Waals surface area contributed by atoms with Crippen LogP contribution in [0, 0.1) is 11.8 Å². The smallest absolute Gasteiger partial charge is 0.0789 e. The minimum Gasteiger partial charge on any atom is -0.370 e. The number of hydrogen-bond acceptors (Lipinski definition) is 2. The zero-order valence-corrected chi connectivity index (χ0v) is 16.7. The van der Waals surface area contributed by atoms with Gasteiger partial charge in [0.15, 0.2) is 0 Å². The van der Waals surface area contributed by atoms with Gasteiger partial charge in [0.05, 0.1) is 6.54 Å². The Hall–Kier alpha value is -1.85. The van der Waals surface area contributed by atoms with Gasteiger partial charge in [0, 0.05) is 18.4 Å². The SMILES string of the molecule is C=C/C=C\C(C#CCN(C)/C=C\CS/C(C)=C(\C)C(=C)CC)=C/C. The molecule has 0 atom stereocenters. The van der Waals surface area contributed by atoms with Crippen LogP contribution >= 0.6 is 11.8 Å². The summed E-state index contributed by atoms with van der Waals surface area (Å²) in [6.07, 6.45) is 12.9. The summed E-state index contributed by atoms with van der Waals surface area (Å²) in [6.45, 7) is 16.9. The van der Waals surface area contributed by atoms with E-state index in [4.69, 9.17) is 0 Å². The normalized spacial score (nSPS) is 12.8. The number of thioether (sulfide) groups is 1. The lowest BCUT2D eigenvalue weighted by atomic mass is 10.1. The number of allylic oxidation sites excluding steroid dienone is 8. The molecule has 0 aliphatic heterocycles. The first-order valence-electron chi connectivity index (χ1n) is 8.25. The minimum absolute atomic E-state index is 0.709. The van der Waals surface area contributed by atoms with Gasteiger partial charge in [-0.15, -0.1) is 11.8 Å². The summed E-state index contributed by atoms with van der Waals surface area (Å²) in [5, 5.41) is 0. The molecule has 1 nitrogen and oxygen atoms in total. The molecule has 0 aliphatic rings. The molecule has 0 unspecified atom stereocenters. The Balaban J connectivity index is 4.38. The average molecular weight is 342 g/mol. The molecule has 0 heterocycles. The van der Waals surface area contributed by atoms with Crippen molar-refractivity contribution in [2.24, 2.45) is 0 Å². The molecule has 0 N–H and O–H groups in total. The lowest BCUT2D eigenvalue weighted by Gasteiger charge is -2.10. The van der Waals surface area contributed by atoms with Crippen molar-refractivity contribution in [2.45, 2.75) is 34.1 Å². The lowest BCUT2D eigenvalue weighted by Crippen LogP contribution is -2.10. The number of nitrogens with zero attached hydrogens (tertiary/aromatic N) is 1. The minimum atomic E-state index is 0.709. The summed E-state index contributed by atoms with van der Waals surface area (Å²) in [6, 6.07) is 0. The standard InChI is InChI=1S/C22H31NS/c1-8-11-14-22(10-3)15-12-16-23(7)17-13-18-24-21(6)20(5)19(4)9-2/h8,10-11,13-14,17H,1,4,9,16,18H2,2-3,5-7H3/b14-11-,17-13-,21-20+,22-10+. The Morgan fingerprint density at radius 3 is 2.58 bits per heavy atom. The van der Waals surface area contributed by atoms with Crippen LogP contribution in [0.1, 0.15) is 34.1 Å². The van der Waals surface area contributed by atoms with E-state index in [2.05, 4.69) is 62.9 Å². The van der Waals surface area contributed by atoms with Crippen molar-refractivity contribution in [3.63, 3.8) is 0 Å². The van der Waals surface area contributed by atoms with Crippen molar-refractivity contribution in [2.75, 3.05) is 19.3 Å². The highest BCUT2D eigenvalue weighted by molar-refractivity contribution is 8.03. The maximum atomic E-state index is 4.10. The van der Waals surface area contributed by atoms with Crippen molar-refractivity contribution in [1.29, 1.82) is 0 Å². The highest BCUT2D eigenvalue weighted by Gasteiger charge is 1.99. The van der Waals surface area contributed by atoms with Crippen molar-refractivity contribution >= 4 is 11.8 Å². The third-order valence-corrected chi connectivity index (χ3v) is 4.62. The van der Waals surface area contributed by atoms with E-state index in [1.165, 1.54) is 16.1 Å². The predicted molar refractivity (Wildman–Crippen MR) is 113 cm³/mol. The van der Waals surface area contributed by atoms with Gasteiger partial charge >= 0.3 is 0 Å². The van der Waals surface area contributed by atoms with Crippen LogP contribution in [0.4, 0.5) is 0 Å². The van der Waals surface area contributed by atoms with Crippen molar-refractivity contribution in [1.82, 2.24) is 4.90 Å². The zero-order chi connectivity index (χ0) is 18.4. The zero-order valence-electron chi connectivity index (χ0n) is 15.9. The number of rotatable bonds is 9. The molecule has 130 valence electrons. The van der Waals surface area contributed by atoms with Crippen molar-refractivity contribution in [3.05, 3.63) is 71.4 Å². The second-order valence-corrected chi connectivity index (χ2v) is 6.62. The molecule has 0 spiro atoms. The van der Waals surface area contributed by atoms with E-state index in [0.717, 1.165) is 17.7 Å². The third kappa shape index (κ3) is 10.0. The molecule has 0 amide bonds. The lowest BCUT2D eigenvalue weighted by molar-refractivity contribution is 0.517. The van der Waals surface area contributed by atoms with E-state index in [9.17, 15) is 0 Å². The van der Waals surface area contributed by atoms with Crippen LogP contribution in [0.25, 0.3) is 0 Å². The monoisotopic (exact) mass is 341 g/mol. The van der Waals surface area contributed by atoms with E-state index in [1.807, 2.05) is 44.0 Å². The van der Waals surface area contributed by atoms with E-state index in [1.54, 1.807) is 6.08 Å². The molecule has 0 saturated carbocycles. The molecular weight excluding hydrogens is 310 g/mol. The summed E-state index contributed by atoms with van der Waals surface area (Å²) < 4.78 is 0. The fourth-order valence-electron chi connectivity index (χ4n) is 1.72. The van der Waals surface area contributed by atoms with Gasteiger partial charge in [0.2, 0.25) is 0 Å². The van der Waals surface area contributed by atoms with Gasteiger partial charge in [-0.1, -0.05) is 61.8 Å². The van der Waals surface area contributed by atoms with E-state index < -0.39 is 0 Å². The molecule has 0 rings (SSSR count). The molecule has 0 radical (unpaired) electrons. The fraction of sp³-hybridized carbons (Fsp3) is 0.364. The Labute approximate surface area is 153 Å². The maximum Gasteiger partial charge on any atom is 0.0789 e. The van der Waals surface area contributed by atoms with Crippen LogP contribution in [0.15, 0.2) is 71.4 Å². The van der Waals surface area contributed by atoms with Gasteiger partial charge in [-0.2, -0.15) is 0 Å². The summed E-state index contributed by atoms with van der Waals surface area (Å²) in [7, 11) is 2.04. The average Bonchev–Trinajstić information content (AvgIpc) is 2.59. The summed E-state index contributed by atoms with van der Waals surface area (Å²) in [4.78, 5) is 3.44.